The number of ketones is 2. The number of rotatable bonds is 2. The van der Waals surface area contributed by atoms with Gasteiger partial charge in [0.15, 0.2) is 11.6 Å². The molecule has 0 aromatic heterocycles. The Morgan fingerprint density at radius 3 is 2.31 bits per heavy atom. The highest BCUT2D eigenvalue weighted by atomic mass is 16.3. The fourth-order valence-corrected chi connectivity index (χ4v) is 10.4. The first-order chi connectivity index (χ1) is 16.6. The molecule has 7 atom stereocenters. The molecular weight excluding hydrogens is 446 g/mol. The standard InChI is InChI=1S/C32H45NO3/c1-27(2)10-12-32(14-15-34)13-11-31(7)25(21(32)18-27)22(35)16-24-29(5)17-20(19-33)26(36)28(3,4)23(29)8-9-30(24,31)6/h16-17,21,23,25,34H,8-15,18H2,1-7H3/t21?,23-,25?,29-,30+,31+,32+/m0/s1. The van der Waals surface area contributed by atoms with Crippen molar-refractivity contribution in [3.8, 4) is 6.07 Å². The largest absolute Gasteiger partial charge is 0.396 e. The van der Waals surface area contributed by atoms with Crippen LogP contribution in [0.15, 0.2) is 23.3 Å². The molecule has 0 aliphatic heterocycles. The predicted molar refractivity (Wildman–Crippen MR) is 141 cm³/mol. The molecule has 4 heteroatoms. The molecule has 0 saturated heterocycles. The molecule has 4 nitrogen and oxygen atoms in total. The summed E-state index contributed by atoms with van der Waals surface area (Å²) < 4.78 is 0. The van der Waals surface area contributed by atoms with Crippen LogP contribution in [-0.2, 0) is 9.59 Å². The summed E-state index contributed by atoms with van der Waals surface area (Å²) in [5.41, 5.74) is 0.215. The summed E-state index contributed by atoms with van der Waals surface area (Å²) in [7, 11) is 0. The third-order valence-electron chi connectivity index (χ3n) is 12.7. The van der Waals surface area contributed by atoms with Gasteiger partial charge in [0.25, 0.3) is 0 Å². The molecule has 36 heavy (non-hydrogen) atoms. The molecule has 0 bridgehead atoms. The highest BCUT2D eigenvalue weighted by Gasteiger charge is 2.69. The molecule has 0 aromatic rings. The van der Waals surface area contributed by atoms with Gasteiger partial charge in [-0.25, -0.2) is 0 Å². The number of allylic oxidation sites excluding steroid dienone is 4. The fraction of sp³-hybridized carbons (Fsp3) is 0.781. The zero-order chi connectivity index (χ0) is 26.5. The van der Waals surface area contributed by atoms with Crippen molar-refractivity contribution in [3.05, 3.63) is 23.3 Å². The van der Waals surface area contributed by atoms with E-state index in [0.717, 1.165) is 56.9 Å². The first kappa shape index (κ1) is 25.9. The minimum absolute atomic E-state index is 0.0380. The summed E-state index contributed by atoms with van der Waals surface area (Å²) in [6, 6.07) is 2.19. The summed E-state index contributed by atoms with van der Waals surface area (Å²) >= 11 is 0. The van der Waals surface area contributed by atoms with Crippen molar-refractivity contribution in [1.29, 1.82) is 5.26 Å². The zero-order valence-corrected chi connectivity index (χ0v) is 23.5. The molecule has 0 radical (unpaired) electrons. The number of hydrogen-bond donors (Lipinski definition) is 1. The topological polar surface area (TPSA) is 78.2 Å². The molecule has 0 amide bonds. The highest BCUT2D eigenvalue weighted by Crippen LogP contribution is 2.74. The van der Waals surface area contributed by atoms with E-state index >= 15 is 0 Å². The number of nitrogens with zero attached hydrogens (tertiary/aromatic N) is 1. The number of nitriles is 1. The van der Waals surface area contributed by atoms with Crippen molar-refractivity contribution in [1.82, 2.24) is 0 Å². The van der Waals surface area contributed by atoms with Crippen LogP contribution in [0.2, 0.25) is 0 Å². The summed E-state index contributed by atoms with van der Waals surface area (Å²) in [6.45, 7) is 15.8. The van der Waals surface area contributed by atoms with E-state index in [0.29, 0.717) is 0 Å². The third-order valence-corrected chi connectivity index (χ3v) is 12.7. The van der Waals surface area contributed by atoms with Crippen LogP contribution in [0.5, 0.6) is 0 Å². The maximum atomic E-state index is 14.3. The summed E-state index contributed by atoms with van der Waals surface area (Å²) in [5, 5.41) is 19.9. The van der Waals surface area contributed by atoms with Gasteiger partial charge >= 0.3 is 0 Å². The minimum atomic E-state index is -0.631. The highest BCUT2D eigenvalue weighted by molar-refractivity contribution is 6.04. The molecule has 1 N–H and O–H groups in total. The molecule has 3 saturated carbocycles. The van der Waals surface area contributed by atoms with E-state index in [1.807, 2.05) is 26.0 Å². The number of hydrogen-bond acceptors (Lipinski definition) is 4. The smallest absolute Gasteiger partial charge is 0.178 e. The Hall–Kier alpha value is -1.73. The Labute approximate surface area is 217 Å². The second-order valence-electron chi connectivity index (χ2n) is 15.1. The van der Waals surface area contributed by atoms with Gasteiger partial charge in [-0.3, -0.25) is 9.59 Å². The van der Waals surface area contributed by atoms with Crippen LogP contribution < -0.4 is 0 Å². The van der Waals surface area contributed by atoms with Gasteiger partial charge < -0.3 is 5.11 Å². The fourth-order valence-electron chi connectivity index (χ4n) is 10.4. The molecule has 5 aliphatic rings. The number of carbonyl (C=O) groups is 2. The molecule has 0 heterocycles. The van der Waals surface area contributed by atoms with Crippen LogP contribution >= 0.6 is 0 Å². The first-order valence-electron chi connectivity index (χ1n) is 14.2. The first-order valence-corrected chi connectivity index (χ1v) is 14.2. The second-order valence-corrected chi connectivity index (χ2v) is 15.1. The summed E-state index contributed by atoms with van der Waals surface area (Å²) in [5.74, 6) is 0.517. The molecule has 196 valence electrons. The lowest BCUT2D eigenvalue weighted by Gasteiger charge is -2.69. The molecule has 0 spiro atoms. The number of fused-ring (bicyclic) bond motifs is 7. The molecular formula is C32H45NO3. The van der Waals surface area contributed by atoms with E-state index in [1.54, 1.807) is 0 Å². The lowest BCUT2D eigenvalue weighted by molar-refractivity contribution is -0.173. The monoisotopic (exact) mass is 491 g/mol. The number of Topliss-reactive ketones (excluding diaryl/α,β-unsaturated/α-hetero) is 1. The Morgan fingerprint density at radius 2 is 1.67 bits per heavy atom. The average molecular weight is 492 g/mol. The maximum Gasteiger partial charge on any atom is 0.178 e. The van der Waals surface area contributed by atoms with E-state index in [4.69, 9.17) is 0 Å². The van der Waals surface area contributed by atoms with Gasteiger partial charge in [-0.2, -0.15) is 5.26 Å². The lowest BCUT2D eigenvalue weighted by Crippen LogP contribution is -2.64. The minimum Gasteiger partial charge on any atom is -0.396 e. The third kappa shape index (κ3) is 3.08. The van der Waals surface area contributed by atoms with E-state index in [-0.39, 0.29) is 63.2 Å². The Morgan fingerprint density at radius 1 is 1.00 bits per heavy atom. The SMILES string of the molecule is CC1(C)CC[C@]2(CCO)CC[C@]3(C)C(C(=O)C=C4[C@@]5(C)C=C(C#N)C(=O)C(C)(C)[C@@H]5CC[C@]43C)C2C1. The normalized spacial score (nSPS) is 46.8. The van der Waals surface area contributed by atoms with Crippen molar-refractivity contribution in [2.24, 2.45) is 50.2 Å². The Balaban J connectivity index is 1.69. The van der Waals surface area contributed by atoms with E-state index in [2.05, 4.69) is 40.7 Å². The van der Waals surface area contributed by atoms with Crippen molar-refractivity contribution >= 4 is 11.6 Å². The van der Waals surface area contributed by atoms with Crippen LogP contribution in [0, 0.1) is 61.6 Å². The Bertz CT molecular complexity index is 1120. The van der Waals surface area contributed by atoms with Crippen molar-refractivity contribution in [2.75, 3.05) is 6.61 Å². The molecule has 0 aromatic carbocycles. The van der Waals surface area contributed by atoms with Gasteiger partial charge in [0.05, 0.1) is 5.57 Å². The van der Waals surface area contributed by atoms with Gasteiger partial charge in [0.1, 0.15) is 6.07 Å². The summed E-state index contributed by atoms with van der Waals surface area (Å²) in [6.07, 6.45) is 11.9. The number of aliphatic hydroxyl groups excluding tert-OH is 1. The van der Waals surface area contributed by atoms with Crippen LogP contribution in [0.3, 0.4) is 0 Å². The van der Waals surface area contributed by atoms with E-state index in [9.17, 15) is 20.0 Å². The predicted octanol–water partition coefficient (Wildman–Crippen LogP) is 6.59. The van der Waals surface area contributed by atoms with Crippen LogP contribution in [0.25, 0.3) is 0 Å². The van der Waals surface area contributed by atoms with Gasteiger partial charge in [-0.1, -0.05) is 60.1 Å². The van der Waals surface area contributed by atoms with Gasteiger partial charge in [-0.15, -0.1) is 0 Å². The van der Waals surface area contributed by atoms with Crippen molar-refractivity contribution in [3.63, 3.8) is 0 Å². The van der Waals surface area contributed by atoms with Gasteiger partial charge in [-0.05, 0) is 90.9 Å². The Kier molecular flexibility index (Phi) is 5.51. The number of aliphatic hydroxyl groups is 1. The maximum absolute atomic E-state index is 14.3. The van der Waals surface area contributed by atoms with E-state index in [1.165, 1.54) is 0 Å². The van der Waals surface area contributed by atoms with Gasteiger partial charge in [0.2, 0.25) is 0 Å². The van der Waals surface area contributed by atoms with Crippen LogP contribution in [0.4, 0.5) is 0 Å². The number of carbonyl (C=O) groups excluding carboxylic acids is 2. The van der Waals surface area contributed by atoms with Crippen LogP contribution in [-0.4, -0.2) is 23.3 Å². The van der Waals surface area contributed by atoms with E-state index < -0.39 is 10.8 Å². The average Bonchev–Trinajstić information content (AvgIpc) is 2.79. The second kappa shape index (κ2) is 7.66. The van der Waals surface area contributed by atoms with Crippen molar-refractivity contribution < 1.29 is 14.7 Å². The molecule has 2 unspecified atom stereocenters. The van der Waals surface area contributed by atoms with Crippen molar-refractivity contribution in [2.45, 2.75) is 99.8 Å². The molecule has 5 rings (SSSR count). The van der Waals surface area contributed by atoms with Crippen LogP contribution in [0.1, 0.15) is 99.8 Å². The van der Waals surface area contributed by atoms with Gasteiger partial charge in [0, 0.05) is 23.4 Å². The molecule has 3 fully saturated rings. The quantitative estimate of drug-likeness (QED) is 0.473. The zero-order valence-electron chi connectivity index (χ0n) is 23.5. The summed E-state index contributed by atoms with van der Waals surface area (Å²) in [4.78, 5) is 27.5. The molecule has 5 aliphatic carbocycles. The lowest BCUT2D eigenvalue weighted by atomic mass is 9.34.